The molecule has 3 rings (SSSR count). The quantitative estimate of drug-likeness (QED) is 0.253. The topological polar surface area (TPSA) is 105 Å². The summed E-state index contributed by atoms with van der Waals surface area (Å²) in [5.41, 5.74) is 0.678. The number of nitrogens with one attached hydrogen (secondary N) is 1. The fourth-order valence-corrected chi connectivity index (χ4v) is 5.87. The highest BCUT2D eigenvalue weighted by atomic mass is 32.2. The van der Waals surface area contributed by atoms with E-state index in [0.717, 1.165) is 17.1 Å². The second-order valence-corrected chi connectivity index (χ2v) is 11.4. The normalized spacial score (nSPS) is 11.8. The first kappa shape index (κ1) is 32.4. The maximum absolute atomic E-state index is 14.2. The van der Waals surface area contributed by atoms with Crippen LogP contribution in [0.15, 0.2) is 77.7 Å². The maximum atomic E-state index is 14.2. The van der Waals surface area contributed by atoms with Crippen LogP contribution in [0.5, 0.6) is 11.5 Å². The highest BCUT2D eigenvalue weighted by Gasteiger charge is 2.35. The lowest BCUT2D eigenvalue weighted by atomic mass is 10.1. The SMILES string of the molecule is CCCCNC(=O)[C@H](CC)N(Cc1ccc(F)cc1)C(=O)CN(c1cc(OC)ccc1OC)S(=O)(=O)c1ccccc1. The minimum atomic E-state index is -4.29. The molecule has 0 unspecified atom stereocenters. The van der Waals surface area contributed by atoms with E-state index in [1.807, 2.05) is 6.92 Å². The second-order valence-electron chi connectivity index (χ2n) is 9.58. The van der Waals surface area contributed by atoms with Gasteiger partial charge in [0, 0.05) is 19.2 Å². The molecule has 0 saturated heterocycles. The summed E-state index contributed by atoms with van der Waals surface area (Å²) in [6.45, 7) is 3.55. The number of halogens is 1. The summed E-state index contributed by atoms with van der Waals surface area (Å²) >= 11 is 0. The highest BCUT2D eigenvalue weighted by molar-refractivity contribution is 7.92. The number of amides is 2. The lowest BCUT2D eigenvalue weighted by Crippen LogP contribution is -2.52. The van der Waals surface area contributed by atoms with Crippen molar-refractivity contribution in [2.24, 2.45) is 0 Å². The molecule has 0 saturated carbocycles. The summed E-state index contributed by atoms with van der Waals surface area (Å²) in [6.07, 6.45) is 1.93. The highest BCUT2D eigenvalue weighted by Crippen LogP contribution is 2.36. The van der Waals surface area contributed by atoms with Gasteiger partial charge in [0.15, 0.2) is 0 Å². The lowest BCUT2D eigenvalue weighted by molar-refractivity contribution is -0.140. The van der Waals surface area contributed by atoms with Crippen molar-refractivity contribution >= 4 is 27.5 Å². The van der Waals surface area contributed by atoms with E-state index >= 15 is 0 Å². The Morgan fingerprint density at radius 3 is 2.24 bits per heavy atom. The van der Waals surface area contributed by atoms with Crippen LogP contribution in [0.3, 0.4) is 0 Å². The van der Waals surface area contributed by atoms with Crippen LogP contribution < -0.4 is 19.1 Å². The number of rotatable bonds is 15. The first-order valence-electron chi connectivity index (χ1n) is 13.8. The van der Waals surface area contributed by atoms with Crippen LogP contribution in [0.2, 0.25) is 0 Å². The summed E-state index contributed by atoms with van der Waals surface area (Å²) in [6, 6.07) is 17.1. The number of anilines is 1. The molecule has 0 heterocycles. The number of hydrogen-bond acceptors (Lipinski definition) is 6. The van der Waals surface area contributed by atoms with Crippen LogP contribution in [0.1, 0.15) is 38.7 Å². The van der Waals surface area contributed by atoms with Gasteiger partial charge >= 0.3 is 0 Å². The van der Waals surface area contributed by atoms with Crippen LogP contribution >= 0.6 is 0 Å². The third-order valence-electron chi connectivity index (χ3n) is 6.75. The van der Waals surface area contributed by atoms with E-state index in [0.29, 0.717) is 17.9 Å². The van der Waals surface area contributed by atoms with Crippen molar-refractivity contribution in [3.8, 4) is 11.5 Å². The molecule has 0 radical (unpaired) electrons. The molecular formula is C31H38FN3O6S. The minimum absolute atomic E-state index is 0.0305. The minimum Gasteiger partial charge on any atom is -0.497 e. The van der Waals surface area contributed by atoms with Crippen molar-refractivity contribution in [2.45, 2.75) is 50.6 Å². The Morgan fingerprint density at radius 1 is 0.952 bits per heavy atom. The van der Waals surface area contributed by atoms with Crippen LogP contribution in [-0.4, -0.2) is 58.5 Å². The predicted molar refractivity (Wildman–Crippen MR) is 159 cm³/mol. The van der Waals surface area contributed by atoms with Crippen molar-refractivity contribution in [2.75, 3.05) is 31.6 Å². The third-order valence-corrected chi connectivity index (χ3v) is 8.52. The molecule has 1 atom stereocenters. The second kappa shape index (κ2) is 15.2. The number of carbonyl (C=O) groups is 2. The Bertz CT molecular complexity index is 1430. The predicted octanol–water partition coefficient (Wildman–Crippen LogP) is 4.76. The van der Waals surface area contributed by atoms with Gasteiger partial charge in [-0.3, -0.25) is 13.9 Å². The molecule has 0 aliphatic carbocycles. The van der Waals surface area contributed by atoms with Crippen molar-refractivity contribution in [1.29, 1.82) is 0 Å². The molecule has 0 fully saturated rings. The number of hydrogen-bond donors (Lipinski definition) is 1. The molecule has 9 nitrogen and oxygen atoms in total. The van der Waals surface area contributed by atoms with Crippen LogP contribution in [0.25, 0.3) is 0 Å². The Labute approximate surface area is 247 Å². The third kappa shape index (κ3) is 8.00. The summed E-state index contributed by atoms with van der Waals surface area (Å²) < 4.78 is 53.5. The molecule has 0 aliphatic heterocycles. The molecule has 0 spiro atoms. The lowest BCUT2D eigenvalue weighted by Gasteiger charge is -2.33. The zero-order valence-corrected chi connectivity index (χ0v) is 25.2. The molecule has 3 aromatic rings. The molecule has 42 heavy (non-hydrogen) atoms. The first-order valence-corrected chi connectivity index (χ1v) is 15.2. The van der Waals surface area contributed by atoms with Gasteiger partial charge in [-0.2, -0.15) is 0 Å². The van der Waals surface area contributed by atoms with Gasteiger partial charge in [0.05, 0.1) is 24.8 Å². The Kier molecular flexibility index (Phi) is 11.7. The molecule has 0 aliphatic rings. The van der Waals surface area contributed by atoms with E-state index < -0.39 is 34.3 Å². The molecule has 3 aromatic carbocycles. The number of carbonyl (C=O) groups excluding carboxylic acids is 2. The van der Waals surface area contributed by atoms with Crippen molar-refractivity contribution in [1.82, 2.24) is 10.2 Å². The summed E-state index contributed by atoms with van der Waals surface area (Å²) in [4.78, 5) is 28.7. The van der Waals surface area contributed by atoms with Crippen molar-refractivity contribution in [3.05, 3.63) is 84.2 Å². The van der Waals surface area contributed by atoms with E-state index in [-0.39, 0.29) is 35.2 Å². The number of unbranched alkanes of at least 4 members (excludes halogenated alkanes) is 1. The molecule has 1 N–H and O–H groups in total. The van der Waals surface area contributed by atoms with Gasteiger partial charge < -0.3 is 19.7 Å². The first-order chi connectivity index (χ1) is 20.2. The Morgan fingerprint density at radius 2 is 1.64 bits per heavy atom. The van der Waals surface area contributed by atoms with Gasteiger partial charge in [0.2, 0.25) is 11.8 Å². The summed E-state index contributed by atoms with van der Waals surface area (Å²) in [5.74, 6) is -0.848. The van der Waals surface area contributed by atoms with Gasteiger partial charge in [-0.05, 0) is 54.8 Å². The van der Waals surface area contributed by atoms with E-state index in [2.05, 4.69) is 5.32 Å². The fraction of sp³-hybridized carbons (Fsp3) is 0.355. The number of methoxy groups -OCH3 is 2. The van der Waals surface area contributed by atoms with Crippen molar-refractivity contribution in [3.63, 3.8) is 0 Å². The van der Waals surface area contributed by atoms with Crippen LogP contribution in [0.4, 0.5) is 10.1 Å². The Hall–Kier alpha value is -4.12. The average molecular weight is 600 g/mol. The molecule has 11 heteroatoms. The van der Waals surface area contributed by atoms with Gasteiger partial charge in [-0.25, -0.2) is 12.8 Å². The van der Waals surface area contributed by atoms with Gasteiger partial charge in [0.1, 0.15) is 29.9 Å². The number of sulfonamides is 1. The summed E-state index contributed by atoms with van der Waals surface area (Å²) in [5, 5.41) is 2.88. The van der Waals surface area contributed by atoms with Gasteiger partial charge in [-0.15, -0.1) is 0 Å². The van der Waals surface area contributed by atoms with Crippen LogP contribution in [0, 0.1) is 5.82 Å². The standard InChI is InChI=1S/C31H38FN3O6S/c1-5-7-19-33-31(37)27(6-2)34(21-23-13-15-24(32)16-14-23)30(36)22-35(42(38,39)26-11-9-8-10-12-26)28-20-25(40-3)17-18-29(28)41-4/h8-18,20,27H,5-7,19,21-22H2,1-4H3,(H,33,37)/t27-/m0/s1. The van der Waals surface area contributed by atoms with E-state index in [1.54, 1.807) is 37.3 Å². The molecule has 2 amide bonds. The van der Waals surface area contributed by atoms with E-state index in [9.17, 15) is 22.4 Å². The molecule has 0 aromatic heterocycles. The molecular weight excluding hydrogens is 561 g/mol. The largest absolute Gasteiger partial charge is 0.497 e. The van der Waals surface area contributed by atoms with E-state index in [1.165, 1.54) is 61.6 Å². The maximum Gasteiger partial charge on any atom is 0.264 e. The number of ether oxygens (including phenoxy) is 2. The van der Waals surface area contributed by atoms with Gasteiger partial charge in [-0.1, -0.05) is 50.6 Å². The number of nitrogens with zero attached hydrogens (tertiary/aromatic N) is 2. The zero-order valence-electron chi connectivity index (χ0n) is 24.4. The fourth-order valence-electron chi connectivity index (χ4n) is 4.44. The zero-order chi connectivity index (χ0) is 30.7. The van der Waals surface area contributed by atoms with Crippen LogP contribution in [-0.2, 0) is 26.2 Å². The average Bonchev–Trinajstić information content (AvgIpc) is 3.00. The van der Waals surface area contributed by atoms with Crippen molar-refractivity contribution < 1.29 is 31.9 Å². The molecule has 0 bridgehead atoms. The monoisotopic (exact) mass is 599 g/mol. The Balaban J connectivity index is 2.10. The summed E-state index contributed by atoms with van der Waals surface area (Å²) in [7, 11) is -1.45. The number of benzene rings is 3. The molecule has 226 valence electrons. The van der Waals surface area contributed by atoms with Gasteiger partial charge in [0.25, 0.3) is 10.0 Å². The van der Waals surface area contributed by atoms with E-state index in [4.69, 9.17) is 9.47 Å². The smallest absolute Gasteiger partial charge is 0.264 e.